The van der Waals surface area contributed by atoms with Crippen LogP contribution in [0.2, 0.25) is 5.02 Å². The predicted octanol–water partition coefficient (Wildman–Crippen LogP) is 3.81. The van der Waals surface area contributed by atoms with Crippen molar-refractivity contribution in [2.24, 2.45) is 11.8 Å². The summed E-state index contributed by atoms with van der Waals surface area (Å²) in [6.45, 7) is 2.23. The van der Waals surface area contributed by atoms with Gasteiger partial charge in [-0.3, -0.25) is 4.79 Å². The third-order valence-corrected chi connectivity index (χ3v) is 3.90. The quantitative estimate of drug-likeness (QED) is 0.801. The summed E-state index contributed by atoms with van der Waals surface area (Å²) in [4.78, 5) is 12.1. The lowest BCUT2D eigenvalue weighted by molar-refractivity contribution is -0.121. The first-order chi connectivity index (χ1) is 8.56. The molecule has 1 amide bonds. The summed E-state index contributed by atoms with van der Waals surface area (Å²) < 4.78 is 0. The predicted molar refractivity (Wildman–Crippen MR) is 72.9 cm³/mol. The number of halogens is 1. The molecule has 1 aromatic carbocycles. The molecule has 2 rings (SSSR count). The first-order valence-electron chi connectivity index (χ1n) is 6.35. The number of nitrogens with one attached hydrogen (secondary N) is 1. The minimum absolute atomic E-state index is 0.0288. The average Bonchev–Trinajstić information content (AvgIpc) is 2.34. The second-order valence-corrected chi connectivity index (χ2v) is 5.52. The molecular weight excluding hydrogens is 250 g/mol. The van der Waals surface area contributed by atoms with Gasteiger partial charge in [-0.2, -0.15) is 0 Å². The minimum atomic E-state index is 0.0288. The van der Waals surface area contributed by atoms with Gasteiger partial charge in [0.05, 0.1) is 5.02 Å². The maximum atomic E-state index is 12.1. The van der Waals surface area contributed by atoms with E-state index in [1.165, 1.54) is 6.07 Å². The minimum Gasteiger partial charge on any atom is -0.506 e. The third-order valence-electron chi connectivity index (χ3n) is 3.60. The van der Waals surface area contributed by atoms with Gasteiger partial charge < -0.3 is 10.4 Å². The van der Waals surface area contributed by atoms with Crippen molar-refractivity contribution in [3.05, 3.63) is 23.2 Å². The fraction of sp³-hybridized carbons (Fsp3) is 0.500. The Kier molecular flexibility index (Phi) is 4.12. The van der Waals surface area contributed by atoms with Gasteiger partial charge in [-0.1, -0.05) is 18.5 Å². The van der Waals surface area contributed by atoms with Gasteiger partial charge in [-0.15, -0.1) is 0 Å². The highest BCUT2D eigenvalue weighted by Crippen LogP contribution is 2.30. The molecule has 98 valence electrons. The van der Waals surface area contributed by atoms with E-state index in [0.717, 1.165) is 31.6 Å². The van der Waals surface area contributed by atoms with Crippen LogP contribution in [0.15, 0.2) is 18.2 Å². The molecule has 1 aromatic rings. The molecule has 0 bridgehead atoms. The molecule has 0 aliphatic heterocycles. The van der Waals surface area contributed by atoms with Crippen molar-refractivity contribution in [3.63, 3.8) is 0 Å². The zero-order chi connectivity index (χ0) is 13.1. The molecule has 0 unspecified atom stereocenters. The molecule has 0 saturated heterocycles. The van der Waals surface area contributed by atoms with E-state index in [1.54, 1.807) is 12.1 Å². The molecule has 0 radical (unpaired) electrons. The highest BCUT2D eigenvalue weighted by molar-refractivity contribution is 6.32. The summed E-state index contributed by atoms with van der Waals surface area (Å²) >= 11 is 5.80. The first-order valence-corrected chi connectivity index (χ1v) is 6.73. The van der Waals surface area contributed by atoms with Crippen LogP contribution in [0.5, 0.6) is 5.75 Å². The molecule has 1 fully saturated rings. The maximum Gasteiger partial charge on any atom is 0.227 e. The Hall–Kier alpha value is -1.22. The van der Waals surface area contributed by atoms with Crippen molar-refractivity contribution in [1.82, 2.24) is 0 Å². The van der Waals surface area contributed by atoms with Gasteiger partial charge in [0.2, 0.25) is 5.91 Å². The molecule has 1 aliphatic rings. The lowest BCUT2D eigenvalue weighted by Crippen LogP contribution is -2.26. The van der Waals surface area contributed by atoms with Crippen molar-refractivity contribution < 1.29 is 9.90 Å². The summed E-state index contributed by atoms with van der Waals surface area (Å²) in [5.41, 5.74) is 0.640. The van der Waals surface area contributed by atoms with Gasteiger partial charge in [0.25, 0.3) is 0 Å². The molecule has 0 spiro atoms. The lowest BCUT2D eigenvalue weighted by atomic mass is 9.82. The van der Waals surface area contributed by atoms with Crippen LogP contribution in [0.3, 0.4) is 0 Å². The van der Waals surface area contributed by atoms with Crippen LogP contribution in [-0.2, 0) is 4.79 Å². The van der Waals surface area contributed by atoms with Crippen molar-refractivity contribution in [2.45, 2.75) is 32.6 Å². The zero-order valence-electron chi connectivity index (χ0n) is 10.4. The molecule has 1 saturated carbocycles. The highest BCUT2D eigenvalue weighted by atomic mass is 35.5. The average molecular weight is 268 g/mol. The highest BCUT2D eigenvalue weighted by Gasteiger charge is 2.24. The number of hydrogen-bond acceptors (Lipinski definition) is 2. The molecule has 0 atom stereocenters. The Morgan fingerprint density at radius 3 is 2.61 bits per heavy atom. The van der Waals surface area contributed by atoms with Gasteiger partial charge in [-0.05, 0) is 49.8 Å². The Balaban J connectivity index is 1.96. The summed E-state index contributed by atoms with van der Waals surface area (Å²) in [6.07, 6.45) is 4.15. The Morgan fingerprint density at radius 2 is 2.00 bits per heavy atom. The Morgan fingerprint density at radius 1 is 1.33 bits per heavy atom. The second kappa shape index (κ2) is 5.61. The number of phenolic OH excluding ortho intramolecular Hbond substituents is 1. The number of rotatable bonds is 2. The SMILES string of the molecule is CC1CCC(C(=O)Nc2ccc(O)c(Cl)c2)CC1. The number of carbonyl (C=O) groups is 1. The molecule has 18 heavy (non-hydrogen) atoms. The van der Waals surface area contributed by atoms with E-state index in [9.17, 15) is 9.90 Å². The van der Waals surface area contributed by atoms with Gasteiger partial charge in [-0.25, -0.2) is 0 Å². The van der Waals surface area contributed by atoms with Crippen LogP contribution in [0.4, 0.5) is 5.69 Å². The molecular formula is C14H18ClNO2. The van der Waals surface area contributed by atoms with E-state index in [4.69, 9.17) is 11.6 Å². The van der Waals surface area contributed by atoms with Crippen LogP contribution in [0.25, 0.3) is 0 Å². The summed E-state index contributed by atoms with van der Waals surface area (Å²) in [5, 5.41) is 12.4. The van der Waals surface area contributed by atoms with Crippen molar-refractivity contribution in [1.29, 1.82) is 0 Å². The monoisotopic (exact) mass is 267 g/mol. The standard InChI is InChI=1S/C14H18ClNO2/c1-9-2-4-10(5-3-9)14(18)16-11-6-7-13(17)12(15)8-11/h6-10,17H,2-5H2,1H3,(H,16,18). The number of phenols is 1. The Bertz CT molecular complexity index is 439. The fourth-order valence-corrected chi connectivity index (χ4v) is 2.53. The van der Waals surface area contributed by atoms with Gasteiger partial charge in [0.1, 0.15) is 5.75 Å². The molecule has 0 aromatic heterocycles. The molecule has 1 aliphatic carbocycles. The number of benzene rings is 1. The number of anilines is 1. The second-order valence-electron chi connectivity index (χ2n) is 5.11. The number of carbonyl (C=O) groups excluding carboxylic acids is 1. The van der Waals surface area contributed by atoms with E-state index < -0.39 is 0 Å². The molecule has 2 N–H and O–H groups in total. The third kappa shape index (κ3) is 3.16. The summed E-state index contributed by atoms with van der Waals surface area (Å²) in [7, 11) is 0. The van der Waals surface area contributed by atoms with Crippen molar-refractivity contribution >= 4 is 23.2 Å². The van der Waals surface area contributed by atoms with Crippen LogP contribution in [-0.4, -0.2) is 11.0 Å². The van der Waals surface area contributed by atoms with E-state index >= 15 is 0 Å². The summed E-state index contributed by atoms with van der Waals surface area (Å²) in [6, 6.07) is 4.71. The number of aromatic hydroxyl groups is 1. The Labute approximate surface area is 112 Å². The van der Waals surface area contributed by atoms with E-state index in [1.807, 2.05) is 0 Å². The van der Waals surface area contributed by atoms with Crippen LogP contribution in [0.1, 0.15) is 32.6 Å². The summed E-state index contributed by atoms with van der Waals surface area (Å²) in [5.74, 6) is 0.927. The van der Waals surface area contributed by atoms with Gasteiger partial charge in [0, 0.05) is 11.6 Å². The zero-order valence-corrected chi connectivity index (χ0v) is 11.2. The molecule has 4 heteroatoms. The van der Waals surface area contributed by atoms with Crippen LogP contribution < -0.4 is 5.32 Å². The topological polar surface area (TPSA) is 49.3 Å². The number of amides is 1. The molecule has 3 nitrogen and oxygen atoms in total. The van der Waals surface area contributed by atoms with Gasteiger partial charge >= 0.3 is 0 Å². The molecule has 0 heterocycles. The van der Waals surface area contributed by atoms with E-state index in [0.29, 0.717) is 5.69 Å². The van der Waals surface area contributed by atoms with Crippen molar-refractivity contribution in [3.8, 4) is 5.75 Å². The van der Waals surface area contributed by atoms with Crippen LogP contribution >= 0.6 is 11.6 Å². The maximum absolute atomic E-state index is 12.1. The normalized spacial score (nSPS) is 23.7. The smallest absolute Gasteiger partial charge is 0.227 e. The first kappa shape index (κ1) is 13.2. The van der Waals surface area contributed by atoms with Gasteiger partial charge in [0.15, 0.2) is 0 Å². The van der Waals surface area contributed by atoms with Crippen molar-refractivity contribution in [2.75, 3.05) is 5.32 Å². The largest absolute Gasteiger partial charge is 0.506 e. The lowest BCUT2D eigenvalue weighted by Gasteiger charge is -2.25. The van der Waals surface area contributed by atoms with Crippen LogP contribution in [0, 0.1) is 11.8 Å². The van der Waals surface area contributed by atoms with E-state index in [2.05, 4.69) is 12.2 Å². The number of hydrogen-bond donors (Lipinski definition) is 2. The van der Waals surface area contributed by atoms with E-state index in [-0.39, 0.29) is 22.6 Å². The fourth-order valence-electron chi connectivity index (χ4n) is 2.35.